The van der Waals surface area contributed by atoms with E-state index < -0.39 is 0 Å². The van der Waals surface area contributed by atoms with E-state index in [4.69, 9.17) is 10.5 Å². The van der Waals surface area contributed by atoms with E-state index in [0.29, 0.717) is 11.3 Å². The van der Waals surface area contributed by atoms with Crippen molar-refractivity contribution in [3.8, 4) is 5.75 Å². The molecule has 5 nitrogen and oxygen atoms in total. The predicted molar refractivity (Wildman–Crippen MR) is 88.1 cm³/mol. The molecule has 0 aliphatic heterocycles. The summed E-state index contributed by atoms with van der Waals surface area (Å²) < 4.78 is 5.60. The van der Waals surface area contributed by atoms with Crippen molar-refractivity contribution in [3.05, 3.63) is 59.7 Å². The van der Waals surface area contributed by atoms with Gasteiger partial charge in [-0.25, -0.2) is 5.43 Å². The number of hydrazone groups is 1. The zero-order valence-electron chi connectivity index (χ0n) is 12.6. The lowest BCUT2D eigenvalue weighted by Gasteiger charge is -2.09. The third-order valence-electron chi connectivity index (χ3n) is 2.82. The molecule has 2 aromatic carbocycles. The molecule has 0 bridgehead atoms. The summed E-state index contributed by atoms with van der Waals surface area (Å²) in [5.74, 6) is 0.418. The van der Waals surface area contributed by atoms with Crippen LogP contribution in [0.1, 0.15) is 29.8 Å². The van der Waals surface area contributed by atoms with E-state index in [0.717, 1.165) is 11.3 Å². The molecule has 0 radical (unpaired) electrons. The van der Waals surface area contributed by atoms with Gasteiger partial charge in [0.1, 0.15) is 5.75 Å². The lowest BCUT2D eigenvalue weighted by Crippen LogP contribution is -2.19. The predicted octanol–water partition coefficient (Wildman–Crippen LogP) is 2.82. The number of nitrogens with two attached hydrogens (primary N) is 1. The van der Waals surface area contributed by atoms with Crippen LogP contribution in [0.5, 0.6) is 5.75 Å². The zero-order chi connectivity index (χ0) is 15.9. The molecule has 0 saturated heterocycles. The smallest absolute Gasteiger partial charge is 0.273 e. The zero-order valence-corrected chi connectivity index (χ0v) is 12.6. The molecule has 0 atom stereocenters. The minimum Gasteiger partial charge on any atom is -0.491 e. The van der Waals surface area contributed by atoms with Crippen LogP contribution >= 0.6 is 0 Å². The molecule has 0 fully saturated rings. The summed E-state index contributed by atoms with van der Waals surface area (Å²) in [6.45, 7) is 3.93. The maximum atomic E-state index is 11.9. The molecule has 5 heteroatoms. The molecule has 0 unspecified atom stereocenters. The highest BCUT2D eigenvalue weighted by Crippen LogP contribution is 2.14. The fraction of sp³-hybridized carbons (Fsp3) is 0.176. The van der Waals surface area contributed by atoms with Crippen LogP contribution < -0.4 is 15.9 Å². The number of hydrogen-bond donors (Lipinski definition) is 2. The molecule has 0 aromatic heterocycles. The van der Waals surface area contributed by atoms with E-state index in [1.807, 2.05) is 38.1 Å². The molecular weight excluding hydrogens is 278 g/mol. The summed E-state index contributed by atoms with van der Waals surface area (Å²) in [6, 6.07) is 14.3. The first-order valence-corrected chi connectivity index (χ1v) is 7.01. The number of hydrogen-bond acceptors (Lipinski definition) is 4. The monoisotopic (exact) mass is 297 g/mol. The van der Waals surface area contributed by atoms with Crippen LogP contribution in [0.3, 0.4) is 0 Å². The highest BCUT2D eigenvalue weighted by molar-refractivity contribution is 5.99. The molecule has 0 heterocycles. The van der Waals surface area contributed by atoms with Gasteiger partial charge in [0.15, 0.2) is 0 Å². The molecule has 2 rings (SSSR count). The normalized spacial score (nSPS) is 10.9. The molecule has 0 saturated carbocycles. The molecule has 114 valence electrons. The van der Waals surface area contributed by atoms with Gasteiger partial charge in [0.2, 0.25) is 0 Å². The van der Waals surface area contributed by atoms with Crippen LogP contribution in [0.2, 0.25) is 0 Å². The van der Waals surface area contributed by atoms with Crippen molar-refractivity contribution in [3.63, 3.8) is 0 Å². The van der Waals surface area contributed by atoms with Crippen molar-refractivity contribution in [1.82, 2.24) is 5.43 Å². The summed E-state index contributed by atoms with van der Waals surface area (Å²) in [4.78, 5) is 11.9. The number of para-hydroxylation sites is 1. The number of ether oxygens (including phenoxy) is 1. The summed E-state index contributed by atoms with van der Waals surface area (Å²) in [5.41, 5.74) is 9.85. The fourth-order valence-corrected chi connectivity index (χ4v) is 1.87. The van der Waals surface area contributed by atoms with Crippen LogP contribution in [0.15, 0.2) is 53.6 Å². The Bertz CT molecular complexity index is 681. The van der Waals surface area contributed by atoms with Gasteiger partial charge in [-0.3, -0.25) is 4.79 Å². The summed E-state index contributed by atoms with van der Waals surface area (Å²) >= 11 is 0. The van der Waals surface area contributed by atoms with Gasteiger partial charge in [0.25, 0.3) is 5.91 Å². The molecule has 3 N–H and O–H groups in total. The minimum atomic E-state index is -0.344. The Labute approximate surface area is 129 Å². The molecule has 0 spiro atoms. The molecule has 1 amide bonds. The quantitative estimate of drug-likeness (QED) is 0.506. The summed E-state index contributed by atoms with van der Waals surface area (Å²) in [7, 11) is 0. The Morgan fingerprint density at radius 2 is 2.00 bits per heavy atom. The second kappa shape index (κ2) is 7.26. The summed E-state index contributed by atoms with van der Waals surface area (Å²) in [5, 5.41) is 3.94. The number of anilines is 1. The van der Waals surface area contributed by atoms with Gasteiger partial charge in [0, 0.05) is 5.69 Å². The van der Waals surface area contributed by atoms with Crippen molar-refractivity contribution in [2.75, 3.05) is 5.73 Å². The van der Waals surface area contributed by atoms with Crippen molar-refractivity contribution < 1.29 is 9.53 Å². The third kappa shape index (κ3) is 4.34. The van der Waals surface area contributed by atoms with Crippen LogP contribution in [0.25, 0.3) is 0 Å². The fourth-order valence-electron chi connectivity index (χ4n) is 1.87. The first kappa shape index (κ1) is 15.6. The number of nitrogens with zero attached hydrogens (tertiary/aromatic N) is 1. The number of carbonyl (C=O) groups is 1. The topological polar surface area (TPSA) is 76.7 Å². The van der Waals surface area contributed by atoms with E-state index in [1.54, 1.807) is 30.5 Å². The van der Waals surface area contributed by atoms with Crippen LogP contribution in [-0.2, 0) is 0 Å². The second-order valence-electron chi connectivity index (χ2n) is 5.03. The number of nitrogen functional groups attached to an aromatic ring is 1. The highest BCUT2D eigenvalue weighted by Gasteiger charge is 2.06. The van der Waals surface area contributed by atoms with Crippen LogP contribution in [-0.4, -0.2) is 18.2 Å². The van der Waals surface area contributed by atoms with Gasteiger partial charge in [-0.05, 0) is 43.7 Å². The van der Waals surface area contributed by atoms with E-state index >= 15 is 0 Å². The van der Waals surface area contributed by atoms with Gasteiger partial charge in [-0.2, -0.15) is 5.10 Å². The Morgan fingerprint density at radius 3 is 2.73 bits per heavy atom. The number of carbonyl (C=O) groups excluding carboxylic acids is 1. The van der Waals surface area contributed by atoms with Gasteiger partial charge in [-0.15, -0.1) is 0 Å². The number of rotatable bonds is 5. The first-order valence-electron chi connectivity index (χ1n) is 7.01. The van der Waals surface area contributed by atoms with E-state index in [1.165, 1.54) is 0 Å². The van der Waals surface area contributed by atoms with Crippen LogP contribution in [0, 0.1) is 0 Å². The standard InChI is InChI=1S/C17H19N3O2/c1-12(2)22-14-7-5-6-13(10-14)11-19-20-17(21)15-8-3-4-9-16(15)18/h3-12H,18H2,1-2H3,(H,20,21)/b19-11+. The average Bonchev–Trinajstić information content (AvgIpc) is 2.47. The number of nitrogens with one attached hydrogen (secondary N) is 1. The first-order chi connectivity index (χ1) is 10.6. The Morgan fingerprint density at radius 1 is 1.23 bits per heavy atom. The molecule has 0 aliphatic carbocycles. The lowest BCUT2D eigenvalue weighted by molar-refractivity contribution is 0.0956. The second-order valence-corrected chi connectivity index (χ2v) is 5.03. The Balaban J connectivity index is 2.01. The number of amides is 1. The van der Waals surface area contributed by atoms with Gasteiger partial charge in [0.05, 0.1) is 17.9 Å². The molecule has 0 aliphatic rings. The van der Waals surface area contributed by atoms with Crippen molar-refractivity contribution >= 4 is 17.8 Å². The number of benzene rings is 2. The van der Waals surface area contributed by atoms with Crippen molar-refractivity contribution in [1.29, 1.82) is 0 Å². The van der Waals surface area contributed by atoms with Crippen LogP contribution in [0.4, 0.5) is 5.69 Å². The van der Waals surface area contributed by atoms with E-state index in [9.17, 15) is 4.79 Å². The lowest BCUT2D eigenvalue weighted by atomic mass is 10.2. The third-order valence-corrected chi connectivity index (χ3v) is 2.82. The maximum Gasteiger partial charge on any atom is 0.273 e. The molecular formula is C17H19N3O2. The SMILES string of the molecule is CC(C)Oc1cccc(/C=N/NC(=O)c2ccccc2N)c1. The summed E-state index contributed by atoms with van der Waals surface area (Å²) in [6.07, 6.45) is 1.66. The largest absolute Gasteiger partial charge is 0.491 e. The average molecular weight is 297 g/mol. The maximum absolute atomic E-state index is 11.9. The molecule has 22 heavy (non-hydrogen) atoms. The van der Waals surface area contributed by atoms with Crippen molar-refractivity contribution in [2.45, 2.75) is 20.0 Å². The van der Waals surface area contributed by atoms with E-state index in [-0.39, 0.29) is 12.0 Å². The van der Waals surface area contributed by atoms with Gasteiger partial charge < -0.3 is 10.5 Å². The molecule has 2 aromatic rings. The Hall–Kier alpha value is -2.82. The highest BCUT2D eigenvalue weighted by atomic mass is 16.5. The van der Waals surface area contributed by atoms with Gasteiger partial charge in [-0.1, -0.05) is 24.3 Å². The van der Waals surface area contributed by atoms with Gasteiger partial charge >= 0.3 is 0 Å². The Kier molecular flexibility index (Phi) is 5.14. The van der Waals surface area contributed by atoms with E-state index in [2.05, 4.69) is 10.5 Å². The minimum absolute atomic E-state index is 0.105. The van der Waals surface area contributed by atoms with Crippen molar-refractivity contribution in [2.24, 2.45) is 5.10 Å².